The minimum atomic E-state index is 0.475. The van der Waals surface area contributed by atoms with E-state index in [2.05, 4.69) is 16.0 Å². The van der Waals surface area contributed by atoms with E-state index in [1.165, 1.54) is 5.56 Å². The zero-order valence-corrected chi connectivity index (χ0v) is 8.86. The van der Waals surface area contributed by atoms with Crippen LogP contribution in [-0.4, -0.2) is 16.6 Å². The molecule has 1 aliphatic heterocycles. The number of fused-ring (bicyclic) bond motifs is 1. The monoisotopic (exact) mass is 215 g/mol. The molecule has 1 aromatic carbocycles. The summed E-state index contributed by atoms with van der Waals surface area (Å²) < 4.78 is 5.47. The number of H-pyrrole nitrogens is 1. The molecule has 0 saturated carbocycles. The first-order valence-electron chi connectivity index (χ1n) is 5.37. The summed E-state index contributed by atoms with van der Waals surface area (Å²) in [7, 11) is 0. The molecule has 0 aliphatic carbocycles. The molecule has 16 heavy (non-hydrogen) atoms. The molecule has 0 fully saturated rings. The van der Waals surface area contributed by atoms with E-state index in [-0.39, 0.29) is 0 Å². The number of rotatable bonds is 2. The van der Waals surface area contributed by atoms with Gasteiger partial charge in [0.2, 0.25) is 0 Å². The van der Waals surface area contributed by atoms with E-state index >= 15 is 0 Å². The van der Waals surface area contributed by atoms with Gasteiger partial charge >= 0.3 is 0 Å². The van der Waals surface area contributed by atoms with Crippen LogP contribution in [0.15, 0.2) is 24.5 Å². The molecule has 0 amide bonds. The SMILES string of the molecule is NCc1[nH]cnc1-c1ccc2c(c1)CCO2. The highest BCUT2D eigenvalue weighted by Gasteiger charge is 2.14. The number of benzene rings is 1. The van der Waals surface area contributed by atoms with Gasteiger partial charge in [0.25, 0.3) is 0 Å². The summed E-state index contributed by atoms with van der Waals surface area (Å²) in [4.78, 5) is 7.36. The van der Waals surface area contributed by atoms with E-state index in [1.54, 1.807) is 6.33 Å². The Morgan fingerprint density at radius 3 is 3.25 bits per heavy atom. The van der Waals surface area contributed by atoms with E-state index < -0.39 is 0 Å². The fraction of sp³-hybridized carbons (Fsp3) is 0.250. The molecule has 0 saturated heterocycles. The van der Waals surface area contributed by atoms with Gasteiger partial charge in [-0.3, -0.25) is 0 Å². The molecule has 2 aromatic rings. The van der Waals surface area contributed by atoms with E-state index in [1.807, 2.05) is 12.1 Å². The molecule has 0 bridgehead atoms. The lowest BCUT2D eigenvalue weighted by atomic mass is 10.1. The van der Waals surface area contributed by atoms with Crippen molar-refractivity contribution in [2.45, 2.75) is 13.0 Å². The lowest BCUT2D eigenvalue weighted by Gasteiger charge is -2.03. The molecule has 1 aromatic heterocycles. The molecule has 4 nitrogen and oxygen atoms in total. The molecular weight excluding hydrogens is 202 g/mol. The lowest BCUT2D eigenvalue weighted by molar-refractivity contribution is 0.357. The largest absolute Gasteiger partial charge is 0.493 e. The number of aromatic nitrogens is 2. The lowest BCUT2D eigenvalue weighted by Crippen LogP contribution is -1.98. The average molecular weight is 215 g/mol. The Kier molecular flexibility index (Phi) is 2.15. The van der Waals surface area contributed by atoms with Crippen molar-refractivity contribution in [3.63, 3.8) is 0 Å². The number of nitrogens with one attached hydrogen (secondary N) is 1. The second-order valence-electron chi connectivity index (χ2n) is 3.85. The number of aromatic amines is 1. The van der Waals surface area contributed by atoms with Crippen molar-refractivity contribution in [3.05, 3.63) is 35.8 Å². The van der Waals surface area contributed by atoms with Crippen LogP contribution in [0.5, 0.6) is 5.75 Å². The van der Waals surface area contributed by atoms with Crippen LogP contribution in [0.3, 0.4) is 0 Å². The highest BCUT2D eigenvalue weighted by atomic mass is 16.5. The third-order valence-electron chi connectivity index (χ3n) is 2.89. The first kappa shape index (κ1) is 9.42. The minimum absolute atomic E-state index is 0.475. The Morgan fingerprint density at radius 2 is 2.38 bits per heavy atom. The van der Waals surface area contributed by atoms with Gasteiger partial charge in [0.05, 0.1) is 24.3 Å². The molecule has 3 rings (SSSR count). The van der Waals surface area contributed by atoms with Crippen molar-refractivity contribution in [1.82, 2.24) is 9.97 Å². The predicted octanol–water partition coefficient (Wildman–Crippen LogP) is 1.47. The third kappa shape index (κ3) is 1.39. The van der Waals surface area contributed by atoms with Gasteiger partial charge in [0.1, 0.15) is 5.75 Å². The van der Waals surface area contributed by atoms with Gasteiger partial charge in [0, 0.05) is 18.5 Å². The average Bonchev–Trinajstić information content (AvgIpc) is 2.96. The molecule has 3 N–H and O–H groups in total. The number of imidazole rings is 1. The number of nitrogens with two attached hydrogens (primary N) is 1. The Balaban J connectivity index is 2.07. The fourth-order valence-electron chi connectivity index (χ4n) is 2.06. The molecule has 0 spiro atoms. The first-order chi connectivity index (χ1) is 7.88. The Morgan fingerprint density at radius 1 is 1.44 bits per heavy atom. The molecule has 4 heteroatoms. The molecular formula is C12H13N3O. The summed E-state index contributed by atoms with van der Waals surface area (Å²) in [5, 5.41) is 0. The third-order valence-corrected chi connectivity index (χ3v) is 2.89. The highest BCUT2D eigenvalue weighted by molar-refractivity contribution is 5.64. The van der Waals surface area contributed by atoms with Gasteiger partial charge < -0.3 is 15.5 Å². The highest BCUT2D eigenvalue weighted by Crippen LogP contribution is 2.30. The maximum Gasteiger partial charge on any atom is 0.122 e. The Hall–Kier alpha value is -1.81. The van der Waals surface area contributed by atoms with Crippen LogP contribution in [-0.2, 0) is 13.0 Å². The van der Waals surface area contributed by atoms with Crippen LogP contribution in [0.25, 0.3) is 11.3 Å². The first-order valence-corrected chi connectivity index (χ1v) is 5.37. The molecule has 0 atom stereocenters. The standard InChI is InChI=1S/C12H13N3O/c13-6-10-12(15-7-14-10)9-1-2-11-8(5-9)3-4-16-11/h1-2,5,7H,3-4,6,13H2,(H,14,15). The Labute approximate surface area is 93.5 Å². The van der Waals surface area contributed by atoms with Crippen LogP contribution in [0.1, 0.15) is 11.3 Å². The molecule has 2 heterocycles. The summed E-state index contributed by atoms with van der Waals surface area (Å²) in [6.07, 6.45) is 2.66. The molecule has 1 aliphatic rings. The van der Waals surface area contributed by atoms with Crippen LogP contribution >= 0.6 is 0 Å². The van der Waals surface area contributed by atoms with E-state index in [4.69, 9.17) is 10.5 Å². The van der Waals surface area contributed by atoms with Gasteiger partial charge in [-0.15, -0.1) is 0 Å². The van der Waals surface area contributed by atoms with Crippen molar-refractivity contribution in [2.75, 3.05) is 6.61 Å². The van der Waals surface area contributed by atoms with Gasteiger partial charge in [-0.05, 0) is 23.8 Å². The summed E-state index contributed by atoms with van der Waals surface area (Å²) in [6.45, 7) is 1.26. The maximum atomic E-state index is 5.65. The second-order valence-corrected chi connectivity index (χ2v) is 3.85. The summed E-state index contributed by atoms with van der Waals surface area (Å²) in [6, 6.07) is 6.17. The normalized spacial score (nSPS) is 13.6. The van der Waals surface area contributed by atoms with Gasteiger partial charge in [-0.25, -0.2) is 4.98 Å². The van der Waals surface area contributed by atoms with E-state index in [0.717, 1.165) is 35.7 Å². The number of ether oxygens (including phenoxy) is 1. The van der Waals surface area contributed by atoms with Gasteiger partial charge in [0.15, 0.2) is 0 Å². The van der Waals surface area contributed by atoms with Crippen LogP contribution in [0.4, 0.5) is 0 Å². The summed E-state index contributed by atoms with van der Waals surface area (Å²) in [5.41, 5.74) is 9.92. The minimum Gasteiger partial charge on any atom is -0.493 e. The smallest absolute Gasteiger partial charge is 0.122 e. The maximum absolute atomic E-state index is 5.65. The number of hydrogen-bond acceptors (Lipinski definition) is 3. The fourth-order valence-corrected chi connectivity index (χ4v) is 2.06. The van der Waals surface area contributed by atoms with E-state index in [0.29, 0.717) is 6.54 Å². The zero-order valence-electron chi connectivity index (χ0n) is 8.86. The van der Waals surface area contributed by atoms with Crippen molar-refractivity contribution in [3.8, 4) is 17.0 Å². The van der Waals surface area contributed by atoms with E-state index in [9.17, 15) is 0 Å². The zero-order chi connectivity index (χ0) is 11.0. The number of nitrogens with zero attached hydrogens (tertiary/aromatic N) is 1. The van der Waals surface area contributed by atoms with Crippen LogP contribution in [0.2, 0.25) is 0 Å². The molecule has 0 radical (unpaired) electrons. The van der Waals surface area contributed by atoms with Crippen LogP contribution in [0, 0.1) is 0 Å². The molecule has 0 unspecified atom stereocenters. The number of hydrogen-bond donors (Lipinski definition) is 2. The second kappa shape index (κ2) is 3.64. The van der Waals surface area contributed by atoms with Crippen molar-refractivity contribution < 1.29 is 4.74 Å². The van der Waals surface area contributed by atoms with Crippen LogP contribution < -0.4 is 10.5 Å². The van der Waals surface area contributed by atoms with Gasteiger partial charge in [-0.2, -0.15) is 0 Å². The quantitative estimate of drug-likeness (QED) is 0.797. The van der Waals surface area contributed by atoms with Crippen molar-refractivity contribution >= 4 is 0 Å². The van der Waals surface area contributed by atoms with Crippen molar-refractivity contribution in [1.29, 1.82) is 0 Å². The Bertz CT molecular complexity index is 519. The summed E-state index contributed by atoms with van der Waals surface area (Å²) >= 11 is 0. The summed E-state index contributed by atoms with van der Waals surface area (Å²) in [5.74, 6) is 0.994. The topological polar surface area (TPSA) is 63.9 Å². The molecule has 82 valence electrons. The predicted molar refractivity (Wildman–Crippen MR) is 61.1 cm³/mol. The van der Waals surface area contributed by atoms with Crippen molar-refractivity contribution in [2.24, 2.45) is 5.73 Å². The van der Waals surface area contributed by atoms with Gasteiger partial charge in [-0.1, -0.05) is 0 Å².